The number of anilines is 1. The highest BCUT2D eigenvalue weighted by Crippen LogP contribution is 2.37. The van der Waals surface area contributed by atoms with Crippen LogP contribution in [0.15, 0.2) is 54.1 Å². The summed E-state index contributed by atoms with van der Waals surface area (Å²) in [7, 11) is 0. The molecule has 1 aliphatic heterocycles. The average molecular weight is 593 g/mol. The van der Waals surface area contributed by atoms with Gasteiger partial charge in [-0.1, -0.05) is 67.9 Å². The zero-order chi connectivity index (χ0) is 29.6. The summed E-state index contributed by atoms with van der Waals surface area (Å²) >= 11 is 13.5. The van der Waals surface area contributed by atoms with Crippen molar-refractivity contribution in [2.75, 3.05) is 18.0 Å². The standard InChI is InChI=1S/C30H31Cl2N7O2/c1-7-23(40)37-13-19(6)38(14-18(37)5)28-21-12-22(31)25(20-11-9-8-10-17(20)4)35-29(21)39(30(41)36-28)26-24(16(2)3)33-15-34-27(26)32/h7-12,15-16,18-19H,1,13-14H2,2-6H3. The van der Waals surface area contributed by atoms with Crippen molar-refractivity contribution in [3.63, 3.8) is 0 Å². The number of benzene rings is 1. The molecule has 0 aliphatic carbocycles. The van der Waals surface area contributed by atoms with E-state index in [0.717, 1.165) is 11.1 Å². The Hall–Kier alpha value is -3.82. The van der Waals surface area contributed by atoms with Crippen LogP contribution in [0, 0.1) is 6.92 Å². The lowest BCUT2D eigenvalue weighted by Crippen LogP contribution is -2.58. The minimum Gasteiger partial charge on any atom is -0.349 e. The second kappa shape index (κ2) is 11.2. The number of carbonyl (C=O) groups is 1. The van der Waals surface area contributed by atoms with Crippen LogP contribution in [0.3, 0.4) is 0 Å². The molecule has 3 aromatic heterocycles. The summed E-state index contributed by atoms with van der Waals surface area (Å²) < 4.78 is 1.39. The highest BCUT2D eigenvalue weighted by atomic mass is 35.5. The normalized spacial score (nSPS) is 17.4. The van der Waals surface area contributed by atoms with Crippen LogP contribution in [0.5, 0.6) is 0 Å². The van der Waals surface area contributed by atoms with E-state index in [1.807, 2.05) is 63.8 Å². The fraction of sp³-hybridized carbons (Fsp3) is 0.333. The molecular weight excluding hydrogens is 561 g/mol. The molecule has 41 heavy (non-hydrogen) atoms. The lowest BCUT2D eigenvalue weighted by molar-refractivity contribution is -0.128. The van der Waals surface area contributed by atoms with Gasteiger partial charge in [0.2, 0.25) is 5.91 Å². The molecule has 2 atom stereocenters. The summed E-state index contributed by atoms with van der Waals surface area (Å²) in [6.45, 7) is 14.4. The molecule has 1 aromatic carbocycles. The topological polar surface area (TPSA) is 97.1 Å². The number of hydrogen-bond acceptors (Lipinski definition) is 7. The molecular formula is C30H31Cl2N7O2. The minimum absolute atomic E-state index is 0.0633. The van der Waals surface area contributed by atoms with Gasteiger partial charge in [-0.15, -0.1) is 0 Å². The number of piperazine rings is 1. The van der Waals surface area contributed by atoms with E-state index < -0.39 is 5.69 Å². The van der Waals surface area contributed by atoms with Crippen LogP contribution in [0.1, 0.15) is 44.9 Å². The number of amides is 1. The number of halogens is 2. The van der Waals surface area contributed by atoms with Crippen molar-refractivity contribution in [3.05, 3.63) is 81.2 Å². The Balaban J connectivity index is 1.83. The maximum Gasteiger partial charge on any atom is 0.356 e. The van der Waals surface area contributed by atoms with Gasteiger partial charge >= 0.3 is 5.69 Å². The van der Waals surface area contributed by atoms with Gasteiger partial charge in [-0.2, -0.15) is 4.98 Å². The largest absolute Gasteiger partial charge is 0.356 e. The highest BCUT2D eigenvalue weighted by molar-refractivity contribution is 6.34. The van der Waals surface area contributed by atoms with Crippen molar-refractivity contribution >= 4 is 46.0 Å². The number of pyridine rings is 1. The molecule has 2 unspecified atom stereocenters. The third-order valence-electron chi connectivity index (χ3n) is 7.49. The molecule has 0 N–H and O–H groups in total. The third kappa shape index (κ3) is 5.08. The fourth-order valence-corrected chi connectivity index (χ4v) is 5.88. The van der Waals surface area contributed by atoms with Crippen molar-refractivity contribution in [2.24, 2.45) is 0 Å². The predicted molar refractivity (Wildman–Crippen MR) is 163 cm³/mol. The van der Waals surface area contributed by atoms with E-state index in [4.69, 9.17) is 28.2 Å². The van der Waals surface area contributed by atoms with E-state index in [0.29, 0.717) is 52.0 Å². The number of rotatable bonds is 5. The highest BCUT2D eigenvalue weighted by Gasteiger charge is 2.34. The molecule has 11 heteroatoms. The van der Waals surface area contributed by atoms with Crippen molar-refractivity contribution in [3.8, 4) is 16.9 Å². The maximum atomic E-state index is 14.0. The van der Waals surface area contributed by atoms with Crippen LogP contribution in [-0.2, 0) is 4.79 Å². The molecule has 0 bridgehead atoms. The van der Waals surface area contributed by atoms with Crippen LogP contribution in [0.4, 0.5) is 5.82 Å². The molecule has 9 nitrogen and oxygen atoms in total. The summed E-state index contributed by atoms with van der Waals surface area (Å²) in [5, 5.41) is 1.11. The van der Waals surface area contributed by atoms with Crippen LogP contribution in [0.2, 0.25) is 10.2 Å². The van der Waals surface area contributed by atoms with Gasteiger partial charge in [0.1, 0.15) is 17.8 Å². The summed E-state index contributed by atoms with van der Waals surface area (Å²) in [5.74, 6) is 0.243. The van der Waals surface area contributed by atoms with Crippen LogP contribution in [-0.4, -0.2) is 60.5 Å². The lowest BCUT2D eigenvalue weighted by Gasteiger charge is -2.44. The Morgan fingerprint density at radius 3 is 2.51 bits per heavy atom. The zero-order valence-corrected chi connectivity index (χ0v) is 25.1. The van der Waals surface area contributed by atoms with E-state index in [9.17, 15) is 9.59 Å². The molecule has 1 saturated heterocycles. The van der Waals surface area contributed by atoms with Gasteiger partial charge in [0, 0.05) is 30.7 Å². The lowest BCUT2D eigenvalue weighted by atomic mass is 10.0. The molecule has 5 rings (SSSR count). The summed E-state index contributed by atoms with van der Waals surface area (Å²) in [6.07, 6.45) is 2.70. The van der Waals surface area contributed by atoms with Gasteiger partial charge in [-0.25, -0.2) is 24.3 Å². The molecule has 0 saturated carbocycles. The first-order valence-electron chi connectivity index (χ1n) is 13.4. The van der Waals surface area contributed by atoms with Crippen molar-refractivity contribution in [1.82, 2.24) is 29.4 Å². The van der Waals surface area contributed by atoms with E-state index >= 15 is 0 Å². The van der Waals surface area contributed by atoms with Gasteiger partial charge in [0.15, 0.2) is 10.8 Å². The van der Waals surface area contributed by atoms with Crippen LogP contribution < -0.4 is 10.6 Å². The van der Waals surface area contributed by atoms with Gasteiger partial charge in [-0.3, -0.25) is 4.79 Å². The second-order valence-corrected chi connectivity index (χ2v) is 11.4. The number of aromatic nitrogens is 5. The Morgan fingerprint density at radius 2 is 1.83 bits per heavy atom. The smallest absolute Gasteiger partial charge is 0.349 e. The first kappa shape index (κ1) is 28.7. The quantitative estimate of drug-likeness (QED) is 0.220. The second-order valence-electron chi connectivity index (χ2n) is 10.7. The van der Waals surface area contributed by atoms with Crippen molar-refractivity contribution in [2.45, 2.75) is 52.6 Å². The Bertz CT molecular complexity index is 1740. The van der Waals surface area contributed by atoms with E-state index in [-0.39, 0.29) is 29.1 Å². The third-order valence-corrected chi connectivity index (χ3v) is 8.06. The predicted octanol–water partition coefficient (Wildman–Crippen LogP) is 5.59. The first-order chi connectivity index (χ1) is 19.5. The zero-order valence-electron chi connectivity index (χ0n) is 23.6. The SMILES string of the molecule is C=CC(=O)N1CC(C)N(c2nc(=O)n(-c3c(Cl)ncnc3C(C)C)c3nc(-c4ccccc4C)c(Cl)cc23)CC1C. The average Bonchev–Trinajstić information content (AvgIpc) is 2.94. The molecule has 4 aromatic rings. The molecule has 1 fully saturated rings. The fourth-order valence-electron chi connectivity index (χ4n) is 5.40. The number of fused-ring (bicyclic) bond motifs is 1. The maximum absolute atomic E-state index is 14.0. The van der Waals surface area contributed by atoms with E-state index in [1.54, 1.807) is 11.0 Å². The molecule has 212 valence electrons. The number of aryl methyl sites for hydroxylation is 1. The Labute approximate surface area is 248 Å². The summed E-state index contributed by atoms with van der Waals surface area (Å²) in [6, 6.07) is 9.30. The molecule has 4 heterocycles. The Kier molecular flexibility index (Phi) is 7.85. The molecule has 1 amide bonds. The number of nitrogens with zero attached hydrogens (tertiary/aromatic N) is 7. The molecule has 1 aliphatic rings. The monoisotopic (exact) mass is 591 g/mol. The minimum atomic E-state index is -0.568. The van der Waals surface area contributed by atoms with Crippen LogP contribution >= 0.6 is 23.2 Å². The van der Waals surface area contributed by atoms with Gasteiger partial charge < -0.3 is 9.80 Å². The van der Waals surface area contributed by atoms with Gasteiger partial charge in [0.05, 0.1) is 21.8 Å². The molecule has 0 spiro atoms. The van der Waals surface area contributed by atoms with Crippen LogP contribution in [0.25, 0.3) is 28.0 Å². The summed E-state index contributed by atoms with van der Waals surface area (Å²) in [5.41, 5.74) is 3.06. The first-order valence-corrected chi connectivity index (χ1v) is 14.2. The van der Waals surface area contributed by atoms with E-state index in [2.05, 4.69) is 21.5 Å². The number of hydrogen-bond donors (Lipinski definition) is 0. The van der Waals surface area contributed by atoms with E-state index in [1.165, 1.54) is 17.0 Å². The Morgan fingerprint density at radius 1 is 1.10 bits per heavy atom. The van der Waals surface area contributed by atoms with Gasteiger partial charge in [0.25, 0.3) is 0 Å². The van der Waals surface area contributed by atoms with Gasteiger partial charge in [-0.05, 0) is 44.4 Å². The van der Waals surface area contributed by atoms with Crippen molar-refractivity contribution in [1.29, 1.82) is 0 Å². The van der Waals surface area contributed by atoms with Crippen molar-refractivity contribution < 1.29 is 4.79 Å². The number of carbonyl (C=O) groups excluding carboxylic acids is 1. The molecule has 0 radical (unpaired) electrons. The summed E-state index contributed by atoms with van der Waals surface area (Å²) in [4.78, 5) is 48.5.